The van der Waals surface area contributed by atoms with E-state index in [2.05, 4.69) is 28.1 Å². The average Bonchev–Trinajstić information content (AvgIpc) is 3.08. The monoisotopic (exact) mass is 302 g/mol. The van der Waals surface area contributed by atoms with Gasteiger partial charge in [-0.15, -0.1) is 11.6 Å². The standard InChI is InChI=1S/C13H16BrClO/c14-13-3-1-2-11(6-13)12(7-15)9-16-8-10-4-5-10/h1-3,6,10,12H,4-5,7-9H2. The minimum absolute atomic E-state index is 0.304. The second kappa shape index (κ2) is 6.04. The third kappa shape index (κ3) is 3.76. The molecule has 1 atom stereocenters. The van der Waals surface area contributed by atoms with Crippen molar-refractivity contribution in [1.82, 2.24) is 0 Å². The van der Waals surface area contributed by atoms with Gasteiger partial charge in [0.05, 0.1) is 6.61 Å². The maximum absolute atomic E-state index is 5.99. The van der Waals surface area contributed by atoms with Gasteiger partial charge >= 0.3 is 0 Å². The van der Waals surface area contributed by atoms with Gasteiger partial charge in [0.15, 0.2) is 0 Å². The van der Waals surface area contributed by atoms with Gasteiger partial charge in [0.2, 0.25) is 0 Å². The number of alkyl halides is 1. The third-order valence-electron chi connectivity index (χ3n) is 2.88. The highest BCUT2D eigenvalue weighted by atomic mass is 79.9. The second-order valence-corrected chi connectivity index (χ2v) is 5.61. The van der Waals surface area contributed by atoms with Crippen LogP contribution in [0.4, 0.5) is 0 Å². The van der Waals surface area contributed by atoms with Crippen LogP contribution in [0.2, 0.25) is 0 Å². The Bertz CT molecular complexity index is 338. The van der Waals surface area contributed by atoms with Crippen LogP contribution in [0.15, 0.2) is 28.7 Å². The highest BCUT2D eigenvalue weighted by molar-refractivity contribution is 9.10. The highest BCUT2D eigenvalue weighted by Crippen LogP contribution is 2.29. The molecule has 3 heteroatoms. The van der Waals surface area contributed by atoms with Crippen molar-refractivity contribution >= 4 is 27.5 Å². The van der Waals surface area contributed by atoms with Crippen molar-refractivity contribution in [1.29, 1.82) is 0 Å². The number of hydrogen-bond donors (Lipinski definition) is 0. The summed E-state index contributed by atoms with van der Waals surface area (Å²) in [5.74, 6) is 1.73. The molecule has 0 bridgehead atoms. The SMILES string of the molecule is ClCC(COCC1CC1)c1cccc(Br)c1. The van der Waals surface area contributed by atoms with Crippen molar-refractivity contribution in [3.63, 3.8) is 0 Å². The summed E-state index contributed by atoms with van der Waals surface area (Å²) < 4.78 is 6.80. The van der Waals surface area contributed by atoms with Crippen LogP contribution >= 0.6 is 27.5 Å². The van der Waals surface area contributed by atoms with Crippen LogP contribution in [0, 0.1) is 5.92 Å². The maximum atomic E-state index is 5.99. The fourth-order valence-corrected chi connectivity index (χ4v) is 2.34. The summed E-state index contributed by atoms with van der Waals surface area (Å²) in [6, 6.07) is 8.30. The summed E-state index contributed by atoms with van der Waals surface area (Å²) in [5.41, 5.74) is 1.25. The molecule has 2 rings (SSSR count). The van der Waals surface area contributed by atoms with E-state index in [1.54, 1.807) is 0 Å². The van der Waals surface area contributed by atoms with E-state index in [9.17, 15) is 0 Å². The summed E-state index contributed by atoms with van der Waals surface area (Å²) in [4.78, 5) is 0. The first-order chi connectivity index (χ1) is 7.79. The molecule has 0 aliphatic heterocycles. The molecule has 0 aromatic heterocycles. The summed E-state index contributed by atoms with van der Waals surface area (Å²) in [5, 5.41) is 0. The first kappa shape index (κ1) is 12.4. The number of hydrogen-bond acceptors (Lipinski definition) is 1. The van der Waals surface area contributed by atoms with Crippen LogP contribution in [0.3, 0.4) is 0 Å². The smallest absolute Gasteiger partial charge is 0.0546 e. The Balaban J connectivity index is 1.87. The lowest BCUT2D eigenvalue weighted by Gasteiger charge is -2.14. The second-order valence-electron chi connectivity index (χ2n) is 4.39. The molecular weight excluding hydrogens is 287 g/mol. The molecule has 0 heterocycles. The van der Waals surface area contributed by atoms with E-state index in [-0.39, 0.29) is 0 Å². The zero-order chi connectivity index (χ0) is 11.4. The van der Waals surface area contributed by atoms with E-state index in [0.717, 1.165) is 23.6 Å². The number of halogens is 2. The molecular formula is C13H16BrClO. The fraction of sp³-hybridized carbons (Fsp3) is 0.538. The maximum Gasteiger partial charge on any atom is 0.0546 e. The molecule has 1 aliphatic rings. The Morgan fingerprint density at radius 2 is 2.25 bits per heavy atom. The van der Waals surface area contributed by atoms with Crippen molar-refractivity contribution < 1.29 is 4.74 Å². The van der Waals surface area contributed by atoms with Crippen molar-refractivity contribution in [3.8, 4) is 0 Å². The van der Waals surface area contributed by atoms with Gasteiger partial charge in [-0.2, -0.15) is 0 Å². The van der Waals surface area contributed by atoms with E-state index in [0.29, 0.717) is 11.8 Å². The normalized spacial score (nSPS) is 17.4. The zero-order valence-corrected chi connectivity index (χ0v) is 11.5. The zero-order valence-electron chi connectivity index (χ0n) is 9.16. The molecule has 0 N–H and O–H groups in total. The molecule has 0 spiro atoms. The molecule has 16 heavy (non-hydrogen) atoms. The summed E-state index contributed by atoms with van der Waals surface area (Å²) in [6.45, 7) is 1.64. The summed E-state index contributed by atoms with van der Waals surface area (Å²) in [6.07, 6.45) is 2.67. The quantitative estimate of drug-likeness (QED) is 0.716. The van der Waals surface area contributed by atoms with Crippen molar-refractivity contribution in [2.24, 2.45) is 5.92 Å². The molecule has 88 valence electrons. The van der Waals surface area contributed by atoms with Gasteiger partial charge in [0.1, 0.15) is 0 Å². The largest absolute Gasteiger partial charge is 0.380 e. The van der Waals surface area contributed by atoms with Crippen LogP contribution in [-0.2, 0) is 4.74 Å². The van der Waals surface area contributed by atoms with Gasteiger partial charge in [-0.3, -0.25) is 0 Å². The Morgan fingerprint density at radius 1 is 1.44 bits per heavy atom. The van der Waals surface area contributed by atoms with Gasteiger partial charge in [-0.25, -0.2) is 0 Å². The van der Waals surface area contributed by atoms with Crippen LogP contribution in [-0.4, -0.2) is 19.1 Å². The van der Waals surface area contributed by atoms with Gasteiger partial charge in [-0.05, 0) is 36.5 Å². The Labute approximate surface area is 110 Å². The number of ether oxygens (including phenoxy) is 1. The molecule has 0 radical (unpaired) electrons. The molecule has 1 aromatic rings. The Hall–Kier alpha value is -0.0500. The minimum Gasteiger partial charge on any atom is -0.380 e. The van der Waals surface area contributed by atoms with Gasteiger partial charge in [0, 0.05) is 22.9 Å². The highest BCUT2D eigenvalue weighted by Gasteiger charge is 2.22. The predicted octanol–water partition coefficient (Wildman–Crippen LogP) is 4.20. The lowest BCUT2D eigenvalue weighted by molar-refractivity contribution is 0.115. The third-order valence-corrected chi connectivity index (χ3v) is 3.74. The van der Waals surface area contributed by atoms with E-state index in [4.69, 9.17) is 16.3 Å². The van der Waals surface area contributed by atoms with E-state index in [1.165, 1.54) is 18.4 Å². The fourth-order valence-electron chi connectivity index (χ4n) is 1.65. The first-order valence-corrected chi connectivity index (χ1v) is 7.01. The Kier molecular flexibility index (Phi) is 4.68. The van der Waals surface area contributed by atoms with E-state index >= 15 is 0 Å². The summed E-state index contributed by atoms with van der Waals surface area (Å²) >= 11 is 9.47. The molecule has 0 saturated heterocycles. The molecule has 1 fully saturated rings. The van der Waals surface area contributed by atoms with Crippen LogP contribution in [0.5, 0.6) is 0 Å². The first-order valence-electron chi connectivity index (χ1n) is 5.68. The summed E-state index contributed by atoms with van der Waals surface area (Å²) in [7, 11) is 0. The Morgan fingerprint density at radius 3 is 2.88 bits per heavy atom. The van der Waals surface area contributed by atoms with E-state index in [1.807, 2.05) is 12.1 Å². The van der Waals surface area contributed by atoms with Crippen molar-refractivity contribution in [2.75, 3.05) is 19.1 Å². The van der Waals surface area contributed by atoms with Crippen molar-refractivity contribution in [3.05, 3.63) is 34.3 Å². The van der Waals surface area contributed by atoms with Crippen molar-refractivity contribution in [2.45, 2.75) is 18.8 Å². The molecule has 1 saturated carbocycles. The molecule has 1 aliphatic carbocycles. The van der Waals surface area contributed by atoms with Crippen LogP contribution < -0.4 is 0 Å². The minimum atomic E-state index is 0.304. The lowest BCUT2D eigenvalue weighted by Crippen LogP contribution is -2.11. The van der Waals surface area contributed by atoms with Gasteiger partial charge in [0.25, 0.3) is 0 Å². The molecule has 0 amide bonds. The van der Waals surface area contributed by atoms with Crippen LogP contribution in [0.1, 0.15) is 24.3 Å². The van der Waals surface area contributed by atoms with Gasteiger partial charge in [-0.1, -0.05) is 28.1 Å². The van der Waals surface area contributed by atoms with Gasteiger partial charge < -0.3 is 4.74 Å². The number of benzene rings is 1. The topological polar surface area (TPSA) is 9.23 Å². The predicted molar refractivity (Wildman–Crippen MR) is 71.1 cm³/mol. The van der Waals surface area contributed by atoms with Crippen LogP contribution in [0.25, 0.3) is 0 Å². The number of rotatable bonds is 6. The average molecular weight is 304 g/mol. The molecule has 1 aromatic carbocycles. The molecule has 1 unspecified atom stereocenters. The van der Waals surface area contributed by atoms with E-state index < -0.39 is 0 Å². The molecule has 1 nitrogen and oxygen atoms in total. The lowest BCUT2D eigenvalue weighted by atomic mass is 10.0.